The lowest BCUT2D eigenvalue weighted by Crippen LogP contribution is -2.38. The van der Waals surface area contributed by atoms with Crippen LogP contribution in [-0.2, 0) is 14.2 Å². The number of guanidine groups is 1. The maximum absolute atomic E-state index is 5.93. The summed E-state index contributed by atoms with van der Waals surface area (Å²) in [5.41, 5.74) is 5.68. The molecule has 1 spiro atoms. The van der Waals surface area contributed by atoms with Crippen LogP contribution in [0.25, 0.3) is 0 Å². The highest BCUT2D eigenvalue weighted by Crippen LogP contribution is 2.33. The lowest BCUT2D eigenvalue weighted by Gasteiger charge is -2.31. The topological polar surface area (TPSA) is 78.1 Å². The van der Waals surface area contributed by atoms with E-state index < -0.39 is 5.79 Å². The van der Waals surface area contributed by atoms with Crippen molar-refractivity contribution in [1.82, 2.24) is 5.32 Å². The summed E-state index contributed by atoms with van der Waals surface area (Å²) in [5, 5.41) is 2.92. The van der Waals surface area contributed by atoms with Gasteiger partial charge in [-0.3, -0.25) is 4.99 Å². The summed E-state index contributed by atoms with van der Waals surface area (Å²) in [5.74, 6) is -0.0340. The molecule has 0 amide bonds. The first-order valence-electron chi connectivity index (χ1n) is 6.28. The van der Waals surface area contributed by atoms with Crippen LogP contribution >= 0.6 is 0 Å². The molecule has 0 aliphatic carbocycles. The fraction of sp³-hybridized carbons (Fsp3) is 0.750. The molecule has 0 aromatic carbocycles. The van der Waals surface area contributed by atoms with Crippen LogP contribution in [0.2, 0.25) is 0 Å². The Labute approximate surface area is 107 Å². The van der Waals surface area contributed by atoms with Crippen molar-refractivity contribution >= 4 is 5.96 Å². The zero-order valence-electron chi connectivity index (χ0n) is 10.6. The van der Waals surface area contributed by atoms with Crippen molar-refractivity contribution in [2.75, 3.05) is 32.9 Å². The second-order valence-corrected chi connectivity index (χ2v) is 4.47. The lowest BCUT2D eigenvalue weighted by molar-refractivity contribution is -0.210. The number of nitrogens with two attached hydrogens (primary N) is 1. The summed E-state index contributed by atoms with van der Waals surface area (Å²) in [6.45, 7) is 6.67. The Morgan fingerprint density at radius 3 is 3.00 bits per heavy atom. The third kappa shape index (κ3) is 3.44. The number of aliphatic imine (C=N–C) groups is 1. The molecule has 0 bridgehead atoms. The second-order valence-electron chi connectivity index (χ2n) is 4.47. The van der Waals surface area contributed by atoms with Gasteiger partial charge in [-0.15, -0.1) is 6.58 Å². The van der Waals surface area contributed by atoms with Gasteiger partial charge >= 0.3 is 0 Å². The van der Waals surface area contributed by atoms with Crippen LogP contribution in [0.4, 0.5) is 0 Å². The molecule has 2 heterocycles. The van der Waals surface area contributed by atoms with Gasteiger partial charge in [-0.1, -0.05) is 6.08 Å². The first kappa shape index (κ1) is 13.3. The number of nitrogens with one attached hydrogen (secondary N) is 1. The van der Waals surface area contributed by atoms with Crippen molar-refractivity contribution < 1.29 is 14.2 Å². The molecule has 0 radical (unpaired) electrons. The van der Waals surface area contributed by atoms with Crippen molar-refractivity contribution in [1.29, 1.82) is 0 Å². The van der Waals surface area contributed by atoms with E-state index >= 15 is 0 Å². The minimum absolute atomic E-state index is 0.0211. The van der Waals surface area contributed by atoms with Gasteiger partial charge < -0.3 is 25.3 Å². The fourth-order valence-electron chi connectivity index (χ4n) is 2.08. The molecule has 102 valence electrons. The number of nitrogens with zero attached hydrogens (tertiary/aromatic N) is 1. The van der Waals surface area contributed by atoms with Crippen molar-refractivity contribution in [3.05, 3.63) is 12.7 Å². The summed E-state index contributed by atoms with van der Waals surface area (Å²) in [4.78, 5) is 4.22. The largest absolute Gasteiger partial charge is 0.381 e. The minimum atomic E-state index is -0.443. The van der Waals surface area contributed by atoms with E-state index in [1.54, 1.807) is 6.08 Å². The van der Waals surface area contributed by atoms with E-state index in [0.717, 1.165) is 12.8 Å². The van der Waals surface area contributed by atoms with Crippen molar-refractivity contribution in [2.24, 2.45) is 10.7 Å². The van der Waals surface area contributed by atoms with E-state index in [1.807, 2.05) is 0 Å². The summed E-state index contributed by atoms with van der Waals surface area (Å²) in [7, 11) is 0. The number of hydrogen-bond donors (Lipinski definition) is 2. The molecule has 0 aromatic rings. The predicted molar refractivity (Wildman–Crippen MR) is 68.3 cm³/mol. The molecule has 1 unspecified atom stereocenters. The average Bonchev–Trinajstić information content (AvgIpc) is 2.78. The first-order chi connectivity index (χ1) is 8.74. The van der Waals surface area contributed by atoms with Gasteiger partial charge in [-0.2, -0.15) is 0 Å². The molecule has 2 aliphatic heterocycles. The van der Waals surface area contributed by atoms with Gasteiger partial charge in [0.05, 0.1) is 26.4 Å². The summed E-state index contributed by atoms with van der Waals surface area (Å²) in [6.07, 6.45) is 3.29. The highest BCUT2D eigenvalue weighted by atomic mass is 16.7. The molecule has 2 rings (SSSR count). The third-order valence-electron chi connectivity index (χ3n) is 3.06. The highest BCUT2D eigenvalue weighted by Gasteiger charge is 2.42. The highest BCUT2D eigenvalue weighted by molar-refractivity contribution is 5.77. The van der Waals surface area contributed by atoms with Crippen molar-refractivity contribution in [2.45, 2.75) is 24.7 Å². The van der Waals surface area contributed by atoms with E-state index in [-0.39, 0.29) is 6.10 Å². The van der Waals surface area contributed by atoms with Crippen LogP contribution < -0.4 is 11.1 Å². The zero-order valence-corrected chi connectivity index (χ0v) is 10.6. The monoisotopic (exact) mass is 255 g/mol. The summed E-state index contributed by atoms with van der Waals surface area (Å²) >= 11 is 0. The molecule has 18 heavy (non-hydrogen) atoms. The maximum atomic E-state index is 5.93. The van der Waals surface area contributed by atoms with Gasteiger partial charge in [-0.25, -0.2) is 0 Å². The Hall–Kier alpha value is -1.11. The van der Waals surface area contributed by atoms with Gasteiger partial charge in [0, 0.05) is 19.4 Å². The molecule has 2 aliphatic rings. The molecule has 0 aromatic heterocycles. The van der Waals surface area contributed by atoms with Crippen molar-refractivity contribution in [3.63, 3.8) is 0 Å². The molecule has 2 saturated heterocycles. The van der Waals surface area contributed by atoms with Crippen LogP contribution in [0.1, 0.15) is 12.8 Å². The van der Waals surface area contributed by atoms with Crippen LogP contribution in [0.5, 0.6) is 0 Å². The van der Waals surface area contributed by atoms with Crippen LogP contribution in [0.15, 0.2) is 17.6 Å². The number of ether oxygens (including phenoxy) is 3. The lowest BCUT2D eigenvalue weighted by atomic mass is 10.1. The molecule has 2 fully saturated rings. The Morgan fingerprint density at radius 1 is 1.50 bits per heavy atom. The van der Waals surface area contributed by atoms with E-state index in [9.17, 15) is 0 Å². The van der Waals surface area contributed by atoms with E-state index in [2.05, 4.69) is 16.9 Å². The van der Waals surface area contributed by atoms with E-state index in [1.165, 1.54) is 0 Å². The Bertz CT molecular complexity index is 314. The third-order valence-corrected chi connectivity index (χ3v) is 3.06. The number of hydrogen-bond acceptors (Lipinski definition) is 4. The molecule has 6 heteroatoms. The van der Waals surface area contributed by atoms with Gasteiger partial charge in [0.2, 0.25) is 0 Å². The van der Waals surface area contributed by atoms with Crippen LogP contribution in [0, 0.1) is 0 Å². The average molecular weight is 255 g/mol. The van der Waals surface area contributed by atoms with Crippen LogP contribution in [0.3, 0.4) is 0 Å². The molecule has 1 atom stereocenters. The molecule has 3 N–H and O–H groups in total. The van der Waals surface area contributed by atoms with E-state index in [4.69, 9.17) is 19.9 Å². The quantitative estimate of drug-likeness (QED) is 0.420. The first-order valence-corrected chi connectivity index (χ1v) is 6.28. The smallest absolute Gasteiger partial charge is 0.188 e. The predicted octanol–water partition coefficient (Wildman–Crippen LogP) is -0.00120. The van der Waals surface area contributed by atoms with Crippen LogP contribution in [-0.4, -0.2) is 50.8 Å². The van der Waals surface area contributed by atoms with Crippen molar-refractivity contribution in [3.8, 4) is 0 Å². The summed E-state index contributed by atoms with van der Waals surface area (Å²) < 4.78 is 17.0. The van der Waals surface area contributed by atoms with Gasteiger partial charge in [0.15, 0.2) is 11.7 Å². The molecule has 0 saturated carbocycles. The Kier molecular flexibility index (Phi) is 4.57. The number of rotatable bonds is 4. The molecular weight excluding hydrogens is 234 g/mol. The maximum Gasteiger partial charge on any atom is 0.188 e. The fourth-order valence-corrected chi connectivity index (χ4v) is 2.08. The molecule has 6 nitrogen and oxygen atoms in total. The normalized spacial score (nSPS) is 27.3. The Morgan fingerprint density at radius 2 is 2.28 bits per heavy atom. The summed E-state index contributed by atoms with van der Waals surface area (Å²) in [6, 6.07) is 0. The zero-order chi connectivity index (χ0) is 12.8. The SMILES string of the molecule is C=CCNC(N)=NCC1COC2(CCOCC2)O1. The minimum Gasteiger partial charge on any atom is -0.381 e. The molecular formula is C12H21N3O3. The van der Waals surface area contributed by atoms with Gasteiger partial charge in [0.25, 0.3) is 0 Å². The van der Waals surface area contributed by atoms with Gasteiger partial charge in [0.1, 0.15) is 6.10 Å². The standard InChI is InChI=1S/C12H21N3O3/c1-2-5-14-11(13)15-8-10-9-17-12(18-10)3-6-16-7-4-12/h2,10H,1,3-9H2,(H3,13,14,15). The van der Waals surface area contributed by atoms with Gasteiger partial charge in [-0.05, 0) is 0 Å². The second kappa shape index (κ2) is 6.17. The Balaban J connectivity index is 1.76. The van der Waals surface area contributed by atoms with E-state index in [0.29, 0.717) is 38.9 Å².